The topological polar surface area (TPSA) is 136 Å². The van der Waals surface area contributed by atoms with Crippen molar-refractivity contribution in [2.24, 2.45) is 5.92 Å². The van der Waals surface area contributed by atoms with Gasteiger partial charge >= 0.3 is 6.09 Å². The summed E-state index contributed by atoms with van der Waals surface area (Å²) in [5.41, 5.74) is 2.34. The molecule has 0 spiro atoms. The lowest BCUT2D eigenvalue weighted by Gasteiger charge is -2.37. The molecule has 2 fully saturated rings. The molecule has 0 unspecified atom stereocenters. The molecule has 1 saturated carbocycles. The molecule has 0 bridgehead atoms. The molecular weight excluding hydrogens is 534 g/mol. The highest BCUT2D eigenvalue weighted by atomic mass is 16.6. The summed E-state index contributed by atoms with van der Waals surface area (Å²) in [6.07, 6.45) is 5.11. The maximum Gasteiger partial charge on any atom is 0.410 e. The Labute approximate surface area is 246 Å². The summed E-state index contributed by atoms with van der Waals surface area (Å²) in [5, 5.41) is 15.9. The first-order chi connectivity index (χ1) is 19.9. The van der Waals surface area contributed by atoms with Crippen LogP contribution >= 0.6 is 0 Å². The van der Waals surface area contributed by atoms with Crippen LogP contribution in [0.15, 0.2) is 35.3 Å². The summed E-state index contributed by atoms with van der Waals surface area (Å²) in [6, 6.07) is 9.27. The van der Waals surface area contributed by atoms with Crippen LogP contribution in [0.3, 0.4) is 0 Å². The lowest BCUT2D eigenvalue weighted by molar-refractivity contribution is 0.0156. The number of hydrogen-bond acceptors (Lipinski definition) is 7. The van der Waals surface area contributed by atoms with E-state index in [2.05, 4.69) is 10.3 Å². The maximum absolute atomic E-state index is 13.4. The van der Waals surface area contributed by atoms with E-state index in [-0.39, 0.29) is 23.6 Å². The van der Waals surface area contributed by atoms with Crippen molar-refractivity contribution in [2.45, 2.75) is 78.5 Å². The van der Waals surface area contributed by atoms with Gasteiger partial charge in [0.25, 0.3) is 11.5 Å². The minimum absolute atomic E-state index is 0.0203. The number of aryl methyl sites for hydroxylation is 1. The summed E-state index contributed by atoms with van der Waals surface area (Å²) >= 11 is 0. The minimum Gasteiger partial charge on any atom is -0.444 e. The number of nitriles is 1. The van der Waals surface area contributed by atoms with E-state index in [1.165, 1.54) is 19.8 Å². The van der Waals surface area contributed by atoms with Crippen molar-refractivity contribution < 1.29 is 14.3 Å². The first kappa shape index (κ1) is 30.6. The number of nitrogens with one attached hydrogen (secondary N) is 2. The lowest BCUT2D eigenvalue weighted by atomic mass is 10.0. The zero-order valence-corrected chi connectivity index (χ0v) is 25.4. The fraction of sp³-hybridized carbons (Fsp3) is 0.516. The fourth-order valence-electron chi connectivity index (χ4n) is 5.14. The third-order valence-electron chi connectivity index (χ3n) is 7.50. The van der Waals surface area contributed by atoms with Crippen LogP contribution in [0.1, 0.15) is 69.3 Å². The number of hydrogen-bond donors (Lipinski definition) is 2. The summed E-state index contributed by atoms with van der Waals surface area (Å²) in [4.78, 5) is 44.7. The van der Waals surface area contributed by atoms with Crippen molar-refractivity contribution in [1.29, 1.82) is 5.26 Å². The fourth-order valence-corrected chi connectivity index (χ4v) is 5.14. The van der Waals surface area contributed by atoms with E-state index < -0.39 is 5.60 Å². The molecule has 1 saturated heterocycles. The van der Waals surface area contributed by atoms with E-state index in [1.807, 2.05) is 61.5 Å². The van der Waals surface area contributed by atoms with Gasteiger partial charge in [0.1, 0.15) is 11.0 Å². The molecule has 5 rings (SSSR count). The average molecular weight is 576 g/mol. The van der Waals surface area contributed by atoms with Crippen molar-refractivity contribution in [1.82, 2.24) is 24.6 Å². The Balaban J connectivity index is 0.00000129. The number of anilines is 2. The Bertz CT molecular complexity index is 1530. The Morgan fingerprint density at radius 2 is 1.86 bits per heavy atom. The second kappa shape index (κ2) is 12.7. The SMILES string of the molecule is CC#N.Cc1cc(Nc2nn(CC3CC3)c3cc[nH]c(=O)c23)ccc1C(=O)N1CCC(N(C)C(=O)OC(C)(C)C)CC1. The minimum atomic E-state index is -0.542. The molecule has 224 valence electrons. The van der Waals surface area contributed by atoms with Crippen LogP contribution in [-0.2, 0) is 11.3 Å². The Kier molecular flexibility index (Phi) is 9.24. The molecule has 2 aromatic heterocycles. The first-order valence-corrected chi connectivity index (χ1v) is 14.4. The van der Waals surface area contributed by atoms with Crippen LogP contribution in [-0.4, -0.2) is 68.3 Å². The number of H-pyrrole nitrogens is 1. The van der Waals surface area contributed by atoms with E-state index in [0.29, 0.717) is 48.6 Å². The number of carbonyl (C=O) groups excluding carboxylic acids is 2. The van der Waals surface area contributed by atoms with Gasteiger partial charge in [-0.1, -0.05) is 0 Å². The first-order valence-electron chi connectivity index (χ1n) is 14.4. The van der Waals surface area contributed by atoms with E-state index in [0.717, 1.165) is 23.3 Å². The molecule has 0 radical (unpaired) electrons. The van der Waals surface area contributed by atoms with Gasteiger partial charge in [0.05, 0.1) is 11.6 Å². The number of pyridine rings is 1. The normalized spacial score (nSPS) is 15.4. The Hall–Kier alpha value is -4.33. The zero-order chi connectivity index (χ0) is 30.6. The van der Waals surface area contributed by atoms with Gasteiger partial charge in [0.2, 0.25) is 0 Å². The quantitative estimate of drug-likeness (QED) is 0.413. The summed E-state index contributed by atoms with van der Waals surface area (Å²) in [5.74, 6) is 1.12. The number of nitrogens with zero attached hydrogens (tertiary/aromatic N) is 5. The number of aromatic amines is 1. The van der Waals surface area contributed by atoms with Gasteiger partial charge in [-0.05, 0) is 89.1 Å². The largest absolute Gasteiger partial charge is 0.444 e. The smallest absolute Gasteiger partial charge is 0.410 e. The number of likely N-dealkylation sites (tertiary alicyclic amines) is 1. The van der Waals surface area contributed by atoms with E-state index in [1.54, 1.807) is 24.2 Å². The molecule has 1 aliphatic heterocycles. The number of carbonyl (C=O) groups is 2. The highest BCUT2D eigenvalue weighted by molar-refractivity contribution is 5.96. The van der Waals surface area contributed by atoms with Crippen LogP contribution < -0.4 is 10.9 Å². The third-order valence-corrected chi connectivity index (χ3v) is 7.50. The Morgan fingerprint density at radius 3 is 2.45 bits per heavy atom. The summed E-state index contributed by atoms with van der Waals surface area (Å²) in [6.45, 7) is 10.9. The number of ether oxygens (including phenoxy) is 1. The van der Waals surface area contributed by atoms with Crippen LogP contribution in [0.2, 0.25) is 0 Å². The van der Waals surface area contributed by atoms with Crippen molar-refractivity contribution in [3.8, 4) is 6.07 Å². The number of aromatic nitrogens is 3. The number of piperidine rings is 1. The maximum atomic E-state index is 13.4. The molecule has 1 aliphatic carbocycles. The number of benzene rings is 1. The average Bonchev–Trinajstić information content (AvgIpc) is 3.68. The van der Waals surface area contributed by atoms with Gasteiger partial charge < -0.3 is 24.8 Å². The van der Waals surface area contributed by atoms with E-state index in [9.17, 15) is 14.4 Å². The van der Waals surface area contributed by atoms with Gasteiger partial charge in [-0.3, -0.25) is 14.3 Å². The van der Waals surface area contributed by atoms with Gasteiger partial charge in [0.15, 0.2) is 5.82 Å². The molecular formula is C31H41N7O4. The van der Waals surface area contributed by atoms with Crippen molar-refractivity contribution in [3.63, 3.8) is 0 Å². The second-order valence-electron chi connectivity index (χ2n) is 12.0. The highest BCUT2D eigenvalue weighted by Gasteiger charge is 2.31. The van der Waals surface area contributed by atoms with Crippen molar-refractivity contribution >= 4 is 34.4 Å². The highest BCUT2D eigenvalue weighted by Crippen LogP contribution is 2.33. The van der Waals surface area contributed by atoms with E-state index in [4.69, 9.17) is 15.1 Å². The third kappa shape index (κ3) is 7.29. The number of rotatable bonds is 6. The summed E-state index contributed by atoms with van der Waals surface area (Å²) in [7, 11) is 1.76. The van der Waals surface area contributed by atoms with Gasteiger partial charge in [-0.25, -0.2) is 4.79 Å². The van der Waals surface area contributed by atoms with Crippen molar-refractivity contribution in [3.05, 3.63) is 51.9 Å². The number of amides is 2. The Morgan fingerprint density at radius 1 is 1.19 bits per heavy atom. The molecule has 11 nitrogen and oxygen atoms in total. The van der Waals surface area contributed by atoms with Crippen molar-refractivity contribution in [2.75, 3.05) is 25.5 Å². The van der Waals surface area contributed by atoms with Crippen LogP contribution in [0, 0.1) is 24.2 Å². The van der Waals surface area contributed by atoms with Crippen LogP contribution in [0.25, 0.3) is 10.9 Å². The molecule has 2 N–H and O–H groups in total. The van der Waals surface area contributed by atoms with Gasteiger partial charge in [0, 0.05) is 57.1 Å². The molecule has 3 heterocycles. The van der Waals surface area contributed by atoms with Crippen LogP contribution in [0.5, 0.6) is 0 Å². The molecule has 11 heteroatoms. The van der Waals surface area contributed by atoms with Crippen LogP contribution in [0.4, 0.5) is 16.3 Å². The predicted octanol–water partition coefficient (Wildman–Crippen LogP) is 5.19. The lowest BCUT2D eigenvalue weighted by Crippen LogP contribution is -2.48. The molecule has 3 aromatic rings. The van der Waals surface area contributed by atoms with Gasteiger partial charge in [-0.15, -0.1) is 0 Å². The second-order valence-corrected chi connectivity index (χ2v) is 12.0. The molecule has 42 heavy (non-hydrogen) atoms. The van der Waals surface area contributed by atoms with Gasteiger partial charge in [-0.2, -0.15) is 10.4 Å². The zero-order valence-electron chi connectivity index (χ0n) is 25.4. The summed E-state index contributed by atoms with van der Waals surface area (Å²) < 4.78 is 7.41. The molecule has 0 atom stereocenters. The monoisotopic (exact) mass is 575 g/mol. The predicted molar refractivity (Wildman–Crippen MR) is 162 cm³/mol. The number of fused-ring (bicyclic) bond motifs is 1. The van der Waals surface area contributed by atoms with E-state index >= 15 is 0 Å². The molecule has 2 aliphatic rings. The molecule has 1 aromatic carbocycles. The standard InChI is InChI=1S/C29H38N6O4.C2H3N/c1-18-16-20(31-25-24-23(10-13-30-26(24)36)35(32-25)17-19-6-7-19)8-9-22(18)27(37)34-14-11-21(12-15-34)33(5)28(38)39-29(2,3)4;1-2-3/h8-10,13,16,19,21H,6-7,11-12,14-15,17H2,1-5H3,(H,30,36)(H,31,32);1H3. The molecule has 2 amide bonds.